The van der Waals surface area contributed by atoms with Crippen LogP contribution in [-0.4, -0.2) is 32.9 Å². The Balaban J connectivity index is 1.90. The molecule has 4 heterocycles. The molecule has 2 N–H and O–H groups in total. The van der Waals surface area contributed by atoms with Crippen LogP contribution >= 0.6 is 11.8 Å². The molecule has 42 heavy (non-hydrogen) atoms. The second-order valence-corrected chi connectivity index (χ2v) is 11.6. The highest BCUT2D eigenvalue weighted by atomic mass is 32.2. The number of aromatic amines is 2. The number of hydrogen-bond donors (Lipinski definition) is 2. The molecule has 0 aliphatic carbocycles. The number of rotatable bonds is 11. The van der Waals surface area contributed by atoms with E-state index in [9.17, 15) is 4.79 Å². The van der Waals surface area contributed by atoms with E-state index in [4.69, 9.17) is 4.99 Å². The van der Waals surface area contributed by atoms with Gasteiger partial charge in [0.15, 0.2) is 0 Å². The first kappa shape index (κ1) is 31.8. The van der Waals surface area contributed by atoms with Gasteiger partial charge in [0.05, 0.1) is 16.5 Å². The third-order valence-electron chi connectivity index (χ3n) is 8.75. The fourth-order valence-corrected chi connectivity index (χ4v) is 7.45. The molecule has 224 valence electrons. The molecule has 6 heteroatoms. The van der Waals surface area contributed by atoms with Crippen molar-refractivity contribution in [1.82, 2.24) is 9.97 Å². The summed E-state index contributed by atoms with van der Waals surface area (Å²) in [7, 11) is 0. The molecular formula is C36H48N4OS. The number of aliphatic imine (C=N–C) groups is 2. The number of thioether (sulfide) groups is 1. The average Bonchev–Trinajstić information content (AvgIpc) is 3.71. The van der Waals surface area contributed by atoms with E-state index in [2.05, 4.69) is 87.9 Å². The number of amides is 1. The highest BCUT2D eigenvalue weighted by Crippen LogP contribution is 2.35. The topological polar surface area (TPSA) is 73.4 Å². The van der Waals surface area contributed by atoms with Gasteiger partial charge in [0, 0.05) is 27.7 Å². The van der Waals surface area contributed by atoms with Crippen LogP contribution in [0.3, 0.4) is 0 Å². The molecule has 4 rings (SSSR count). The number of H-pyrrole nitrogens is 2. The standard InChI is InChI=1S/C36H48N4OS/c1-10-21-23(12-3)31(19-33-25(14-5)27(16-7)35(41)39-33)37-29(21)18-30-22(11-2)24(13-4)32(38-30)20-34-26(15-6)28(17-8)36(40-34)42-9/h18-20,37-38H,10-17H2,1-9H3/b29-18-,31-19?,34-20-. The van der Waals surface area contributed by atoms with Crippen LogP contribution in [0.1, 0.15) is 115 Å². The summed E-state index contributed by atoms with van der Waals surface area (Å²) in [4.78, 5) is 29.6. The third kappa shape index (κ3) is 5.75. The highest BCUT2D eigenvalue weighted by molar-refractivity contribution is 8.13. The van der Waals surface area contributed by atoms with Crippen molar-refractivity contribution in [2.45, 2.75) is 107 Å². The van der Waals surface area contributed by atoms with Crippen molar-refractivity contribution in [2.24, 2.45) is 9.98 Å². The lowest BCUT2D eigenvalue weighted by molar-refractivity contribution is -0.114. The van der Waals surface area contributed by atoms with E-state index in [1.807, 2.05) is 6.92 Å². The Bertz CT molecular complexity index is 1650. The Labute approximate surface area is 256 Å². The smallest absolute Gasteiger partial charge is 0.273 e. The van der Waals surface area contributed by atoms with Gasteiger partial charge in [-0.05, 0) is 115 Å². The first-order valence-electron chi connectivity index (χ1n) is 15.9. The van der Waals surface area contributed by atoms with E-state index < -0.39 is 0 Å². The summed E-state index contributed by atoms with van der Waals surface area (Å²) in [5.41, 5.74) is 14.3. The summed E-state index contributed by atoms with van der Waals surface area (Å²) < 4.78 is 0. The lowest BCUT2D eigenvalue weighted by atomic mass is 10.00. The summed E-state index contributed by atoms with van der Waals surface area (Å²) in [6.45, 7) is 17.5. The van der Waals surface area contributed by atoms with E-state index in [1.54, 1.807) is 11.8 Å². The van der Waals surface area contributed by atoms with Crippen LogP contribution in [0.4, 0.5) is 0 Å². The SMILES string of the molecule is CCC1=C(CC)C(C=c2[nH]/c(=C\c3[nH]c(/C=C4\N=C(SC)C(CC)=C4CC)c(CC)c3CC)c(CC)c2CC)=NC1=O. The first-order chi connectivity index (χ1) is 20.3. The average molecular weight is 585 g/mol. The van der Waals surface area contributed by atoms with Gasteiger partial charge in [-0.1, -0.05) is 55.4 Å². The Hall–Kier alpha value is -3.12. The minimum atomic E-state index is -0.0798. The summed E-state index contributed by atoms with van der Waals surface area (Å²) in [6.07, 6.45) is 16.1. The largest absolute Gasteiger partial charge is 0.355 e. The molecule has 0 radical (unpaired) electrons. The van der Waals surface area contributed by atoms with Gasteiger partial charge in [0.2, 0.25) is 0 Å². The number of nitrogens with zero attached hydrogens (tertiary/aromatic N) is 2. The molecule has 0 saturated carbocycles. The molecule has 2 aliphatic rings. The summed E-state index contributed by atoms with van der Waals surface area (Å²) >= 11 is 1.74. The van der Waals surface area contributed by atoms with Gasteiger partial charge in [-0.15, -0.1) is 11.8 Å². The van der Waals surface area contributed by atoms with Crippen molar-refractivity contribution < 1.29 is 4.79 Å². The zero-order chi connectivity index (χ0) is 30.6. The summed E-state index contributed by atoms with van der Waals surface area (Å²) in [6, 6.07) is 0. The maximum atomic E-state index is 12.6. The summed E-state index contributed by atoms with van der Waals surface area (Å²) in [5, 5.41) is 3.35. The van der Waals surface area contributed by atoms with E-state index in [1.165, 1.54) is 39.1 Å². The van der Waals surface area contributed by atoms with Crippen molar-refractivity contribution in [3.05, 3.63) is 72.3 Å². The Morgan fingerprint density at radius 1 is 0.571 bits per heavy atom. The molecule has 2 aromatic rings. The second-order valence-electron chi connectivity index (χ2n) is 10.8. The quantitative estimate of drug-likeness (QED) is 0.286. The number of hydrogen-bond acceptors (Lipinski definition) is 3. The number of aromatic nitrogens is 2. The Kier molecular flexibility index (Phi) is 10.5. The predicted octanol–water partition coefficient (Wildman–Crippen LogP) is 7.53. The Morgan fingerprint density at radius 2 is 1.10 bits per heavy atom. The molecule has 0 atom stereocenters. The molecule has 5 nitrogen and oxygen atoms in total. The molecule has 2 aromatic heterocycles. The van der Waals surface area contributed by atoms with E-state index in [0.29, 0.717) is 0 Å². The minimum absolute atomic E-state index is 0.0798. The zero-order valence-corrected chi connectivity index (χ0v) is 27.9. The van der Waals surface area contributed by atoms with Crippen LogP contribution in [0.15, 0.2) is 38.0 Å². The predicted molar refractivity (Wildman–Crippen MR) is 183 cm³/mol. The van der Waals surface area contributed by atoms with Gasteiger partial charge < -0.3 is 9.97 Å². The lowest BCUT2D eigenvalue weighted by Gasteiger charge is -2.05. The van der Waals surface area contributed by atoms with Gasteiger partial charge in [0.25, 0.3) is 5.91 Å². The van der Waals surface area contributed by atoms with Crippen LogP contribution in [0.2, 0.25) is 0 Å². The number of carbonyl (C=O) groups is 1. The van der Waals surface area contributed by atoms with Crippen molar-refractivity contribution in [2.75, 3.05) is 6.26 Å². The highest BCUT2D eigenvalue weighted by Gasteiger charge is 2.24. The Morgan fingerprint density at radius 3 is 1.60 bits per heavy atom. The van der Waals surface area contributed by atoms with Crippen LogP contribution in [0.25, 0.3) is 18.2 Å². The van der Waals surface area contributed by atoms with Crippen molar-refractivity contribution >= 4 is 46.7 Å². The van der Waals surface area contributed by atoms with E-state index >= 15 is 0 Å². The van der Waals surface area contributed by atoms with E-state index in [-0.39, 0.29) is 5.91 Å². The fraction of sp³-hybridized carbons (Fsp3) is 0.472. The molecule has 2 aliphatic heterocycles. The molecule has 0 spiro atoms. The van der Waals surface area contributed by atoms with Gasteiger partial charge >= 0.3 is 0 Å². The molecule has 0 unspecified atom stereocenters. The van der Waals surface area contributed by atoms with Crippen LogP contribution < -0.4 is 10.7 Å². The summed E-state index contributed by atoms with van der Waals surface area (Å²) in [5.74, 6) is -0.0798. The molecule has 0 aromatic carbocycles. The van der Waals surface area contributed by atoms with Crippen LogP contribution in [0.5, 0.6) is 0 Å². The maximum absolute atomic E-state index is 12.6. The normalized spacial score (nSPS) is 17.5. The van der Waals surface area contributed by atoms with Crippen LogP contribution in [-0.2, 0) is 30.5 Å². The molecule has 0 saturated heterocycles. The molecule has 1 amide bonds. The molecule has 0 bridgehead atoms. The van der Waals surface area contributed by atoms with Crippen molar-refractivity contribution in [3.8, 4) is 0 Å². The first-order valence-corrected chi connectivity index (χ1v) is 17.2. The third-order valence-corrected chi connectivity index (χ3v) is 9.47. The number of allylic oxidation sites excluding steroid dienone is 2. The van der Waals surface area contributed by atoms with Gasteiger partial charge in [0.1, 0.15) is 0 Å². The van der Waals surface area contributed by atoms with Crippen LogP contribution in [0, 0.1) is 0 Å². The van der Waals surface area contributed by atoms with Crippen molar-refractivity contribution in [1.29, 1.82) is 0 Å². The fourth-order valence-electron chi connectivity index (χ4n) is 6.75. The number of nitrogens with one attached hydrogen (secondary N) is 2. The molecule has 0 fully saturated rings. The van der Waals surface area contributed by atoms with Gasteiger partial charge in [-0.3, -0.25) is 4.79 Å². The van der Waals surface area contributed by atoms with Gasteiger partial charge in [-0.25, -0.2) is 9.98 Å². The number of carbonyl (C=O) groups excluding carboxylic acids is 1. The minimum Gasteiger partial charge on any atom is -0.355 e. The van der Waals surface area contributed by atoms with Gasteiger partial charge in [-0.2, -0.15) is 0 Å². The van der Waals surface area contributed by atoms with Crippen molar-refractivity contribution in [3.63, 3.8) is 0 Å². The second kappa shape index (κ2) is 13.9. The zero-order valence-electron chi connectivity index (χ0n) is 27.1. The maximum Gasteiger partial charge on any atom is 0.273 e. The molecular weight excluding hydrogens is 536 g/mol. The monoisotopic (exact) mass is 584 g/mol. The van der Waals surface area contributed by atoms with E-state index in [0.717, 1.165) is 95.4 Å². The lowest BCUT2D eigenvalue weighted by Crippen LogP contribution is -2.15.